The molecule has 0 N–H and O–H groups in total. The largest absolute Gasteiger partial charge is 0.309 e. The average molecular weight is 637 g/mol. The van der Waals surface area contributed by atoms with Crippen molar-refractivity contribution in [3.05, 3.63) is 170 Å². The third-order valence-corrected chi connectivity index (χ3v) is 10.3. The summed E-state index contributed by atoms with van der Waals surface area (Å²) in [7, 11) is 0. The van der Waals surface area contributed by atoms with E-state index in [1.807, 2.05) is 12.1 Å². The van der Waals surface area contributed by atoms with Crippen molar-refractivity contribution in [1.82, 2.24) is 19.1 Å². The van der Waals surface area contributed by atoms with Crippen LogP contribution in [0.5, 0.6) is 0 Å². The number of nitrogens with zero attached hydrogens (tertiary/aromatic N) is 4. The van der Waals surface area contributed by atoms with Crippen LogP contribution >= 0.6 is 0 Å². The predicted octanol–water partition coefficient (Wildman–Crippen LogP) is 11.8. The maximum atomic E-state index is 5.32. The molecule has 11 rings (SSSR count). The number of hydrogen-bond acceptors (Lipinski definition) is 2. The van der Waals surface area contributed by atoms with Crippen molar-refractivity contribution < 1.29 is 0 Å². The standard InChI is InChI=1S/C46H28N4/c1-2-14-31(15-3-1)45-37-19-8-10-20-38(37)47-46(48-45)50-39-21-11-9-18-35(39)36-25-24-32(28-42(36)50)49-40-26-22-29-12-4-6-16-33(29)43(40)44-34-17-7-5-13-30(34)23-27-41(44)49/h1-28H. The molecule has 0 aliphatic rings. The van der Waals surface area contributed by atoms with Crippen LogP contribution in [0.4, 0.5) is 0 Å². The highest BCUT2D eigenvalue weighted by molar-refractivity contribution is 6.28. The summed E-state index contributed by atoms with van der Waals surface area (Å²) in [4.78, 5) is 10.5. The molecular weight excluding hydrogens is 609 g/mol. The van der Waals surface area contributed by atoms with Crippen LogP contribution < -0.4 is 0 Å². The Hall–Kier alpha value is -6.78. The van der Waals surface area contributed by atoms with Crippen molar-refractivity contribution in [2.24, 2.45) is 0 Å². The Kier molecular flexibility index (Phi) is 5.63. The molecule has 4 heteroatoms. The molecule has 11 aromatic rings. The van der Waals surface area contributed by atoms with Crippen LogP contribution in [0.15, 0.2) is 170 Å². The summed E-state index contributed by atoms with van der Waals surface area (Å²) in [6.45, 7) is 0. The van der Waals surface area contributed by atoms with Gasteiger partial charge in [-0.3, -0.25) is 4.57 Å². The Morgan fingerprint density at radius 2 is 0.940 bits per heavy atom. The van der Waals surface area contributed by atoms with E-state index in [1.54, 1.807) is 0 Å². The van der Waals surface area contributed by atoms with E-state index >= 15 is 0 Å². The molecule has 3 aromatic heterocycles. The Morgan fingerprint density at radius 1 is 0.360 bits per heavy atom. The molecule has 50 heavy (non-hydrogen) atoms. The van der Waals surface area contributed by atoms with Crippen LogP contribution in [-0.4, -0.2) is 19.1 Å². The molecular formula is C46H28N4. The maximum Gasteiger partial charge on any atom is 0.235 e. The number of aromatic nitrogens is 4. The number of para-hydroxylation sites is 2. The van der Waals surface area contributed by atoms with Crippen LogP contribution in [0.1, 0.15) is 0 Å². The fraction of sp³-hybridized carbons (Fsp3) is 0. The van der Waals surface area contributed by atoms with Gasteiger partial charge in [0, 0.05) is 38.2 Å². The first-order valence-corrected chi connectivity index (χ1v) is 17.0. The van der Waals surface area contributed by atoms with Crippen molar-refractivity contribution in [1.29, 1.82) is 0 Å². The molecule has 0 saturated heterocycles. The molecule has 0 radical (unpaired) electrons. The molecule has 0 bridgehead atoms. The second-order valence-corrected chi connectivity index (χ2v) is 13.0. The Labute approximate surface area is 287 Å². The van der Waals surface area contributed by atoms with E-state index in [9.17, 15) is 0 Å². The van der Waals surface area contributed by atoms with Gasteiger partial charge in [-0.2, -0.15) is 0 Å². The highest BCUT2D eigenvalue weighted by Crippen LogP contribution is 2.42. The summed E-state index contributed by atoms with van der Waals surface area (Å²) in [6, 6.07) is 60.7. The monoisotopic (exact) mass is 636 g/mol. The van der Waals surface area contributed by atoms with Gasteiger partial charge in [0.05, 0.1) is 33.3 Å². The topological polar surface area (TPSA) is 35.6 Å². The summed E-state index contributed by atoms with van der Waals surface area (Å²) in [5.41, 5.74) is 8.52. The van der Waals surface area contributed by atoms with E-state index in [0.717, 1.165) is 38.9 Å². The zero-order chi connectivity index (χ0) is 32.8. The molecule has 0 aliphatic carbocycles. The first-order chi connectivity index (χ1) is 24.8. The quantitative estimate of drug-likeness (QED) is 0.193. The van der Waals surface area contributed by atoms with Crippen molar-refractivity contribution in [2.45, 2.75) is 0 Å². The zero-order valence-corrected chi connectivity index (χ0v) is 27.0. The fourth-order valence-electron chi connectivity index (χ4n) is 8.12. The van der Waals surface area contributed by atoms with Gasteiger partial charge < -0.3 is 4.57 Å². The highest BCUT2D eigenvalue weighted by Gasteiger charge is 2.21. The van der Waals surface area contributed by atoms with Crippen molar-refractivity contribution in [2.75, 3.05) is 0 Å². The smallest absolute Gasteiger partial charge is 0.235 e. The molecule has 0 spiro atoms. The van der Waals surface area contributed by atoms with Crippen LogP contribution in [0.25, 0.3) is 99.0 Å². The molecule has 0 fully saturated rings. The fourth-order valence-corrected chi connectivity index (χ4v) is 8.12. The van der Waals surface area contributed by atoms with E-state index in [0.29, 0.717) is 5.95 Å². The van der Waals surface area contributed by atoms with Gasteiger partial charge in [-0.15, -0.1) is 0 Å². The molecule has 8 aromatic carbocycles. The highest BCUT2D eigenvalue weighted by atomic mass is 15.2. The minimum Gasteiger partial charge on any atom is -0.309 e. The summed E-state index contributed by atoms with van der Waals surface area (Å²) in [5, 5.41) is 10.9. The second kappa shape index (κ2) is 10.4. The van der Waals surface area contributed by atoms with Gasteiger partial charge in [0.1, 0.15) is 0 Å². The summed E-state index contributed by atoms with van der Waals surface area (Å²) < 4.78 is 4.67. The first-order valence-electron chi connectivity index (χ1n) is 17.0. The third kappa shape index (κ3) is 3.81. The number of rotatable bonds is 3. The summed E-state index contributed by atoms with van der Waals surface area (Å²) in [6.07, 6.45) is 0. The third-order valence-electron chi connectivity index (χ3n) is 10.3. The Morgan fingerprint density at radius 3 is 1.66 bits per heavy atom. The van der Waals surface area contributed by atoms with E-state index < -0.39 is 0 Å². The SMILES string of the molecule is c1ccc(-c2nc(-n3c4ccccc4c4ccc(-n5c6ccc7ccccc7c6c6c7ccccc7ccc65)cc43)nc3ccccc23)cc1. The lowest BCUT2D eigenvalue weighted by Crippen LogP contribution is -2.04. The van der Waals surface area contributed by atoms with Crippen LogP contribution in [-0.2, 0) is 0 Å². The lowest BCUT2D eigenvalue weighted by Gasteiger charge is -2.13. The van der Waals surface area contributed by atoms with Gasteiger partial charge in [-0.25, -0.2) is 9.97 Å². The van der Waals surface area contributed by atoms with E-state index in [4.69, 9.17) is 9.97 Å². The molecule has 0 atom stereocenters. The van der Waals surface area contributed by atoms with Crippen molar-refractivity contribution in [3.8, 4) is 22.9 Å². The molecule has 0 aliphatic heterocycles. The van der Waals surface area contributed by atoms with E-state index in [-0.39, 0.29) is 0 Å². The van der Waals surface area contributed by atoms with Gasteiger partial charge >= 0.3 is 0 Å². The van der Waals surface area contributed by atoms with Gasteiger partial charge in [0.15, 0.2) is 0 Å². The molecule has 0 saturated carbocycles. The summed E-state index contributed by atoms with van der Waals surface area (Å²) in [5.74, 6) is 0.658. The average Bonchev–Trinajstić information content (AvgIpc) is 3.71. The molecule has 0 unspecified atom stereocenters. The van der Waals surface area contributed by atoms with Gasteiger partial charge in [0.2, 0.25) is 5.95 Å². The number of hydrogen-bond donors (Lipinski definition) is 0. The van der Waals surface area contributed by atoms with Crippen LogP contribution in [0, 0.1) is 0 Å². The molecule has 4 nitrogen and oxygen atoms in total. The minimum absolute atomic E-state index is 0.658. The lowest BCUT2D eigenvalue weighted by atomic mass is 10.00. The number of benzene rings is 8. The van der Waals surface area contributed by atoms with Crippen molar-refractivity contribution in [3.63, 3.8) is 0 Å². The van der Waals surface area contributed by atoms with Gasteiger partial charge in [0.25, 0.3) is 0 Å². The lowest BCUT2D eigenvalue weighted by molar-refractivity contribution is 1.01. The van der Waals surface area contributed by atoms with E-state index in [2.05, 4.69) is 167 Å². The molecule has 3 heterocycles. The maximum absolute atomic E-state index is 5.32. The Bertz CT molecular complexity index is 3060. The molecule has 0 amide bonds. The van der Waals surface area contributed by atoms with Crippen LogP contribution in [0.2, 0.25) is 0 Å². The Balaban J connectivity index is 1.26. The van der Waals surface area contributed by atoms with E-state index in [1.165, 1.54) is 54.1 Å². The second-order valence-electron chi connectivity index (χ2n) is 13.0. The van der Waals surface area contributed by atoms with Crippen molar-refractivity contribution >= 4 is 76.1 Å². The van der Waals surface area contributed by atoms with Gasteiger partial charge in [-0.1, -0.05) is 133 Å². The molecule has 232 valence electrons. The van der Waals surface area contributed by atoms with Crippen LogP contribution in [0.3, 0.4) is 0 Å². The van der Waals surface area contributed by atoms with Gasteiger partial charge in [-0.05, 0) is 57.9 Å². The first kappa shape index (κ1) is 27.2. The summed E-state index contributed by atoms with van der Waals surface area (Å²) >= 11 is 0. The number of fused-ring (bicyclic) bond motifs is 11. The normalized spacial score (nSPS) is 12.0. The zero-order valence-electron chi connectivity index (χ0n) is 27.0. The predicted molar refractivity (Wildman–Crippen MR) is 209 cm³/mol. The minimum atomic E-state index is 0.658.